The maximum Gasteiger partial charge on any atom is 0.337 e. The summed E-state index contributed by atoms with van der Waals surface area (Å²) in [6, 6.07) is 6.52. The number of carboxylic acids is 1. The summed E-state index contributed by atoms with van der Waals surface area (Å²) in [4.78, 5) is 33.5. The maximum atomic E-state index is 11.7. The molecular formula is C18H19ClN4O4. The molecule has 2 N–H and O–H groups in total. The molecule has 0 aliphatic carbocycles. The number of hydrogen-bond donors (Lipinski definition) is 2. The first-order valence-corrected chi connectivity index (χ1v) is 8.81. The van der Waals surface area contributed by atoms with Gasteiger partial charge >= 0.3 is 11.9 Å². The number of carbonyl (C=O) groups is 2. The summed E-state index contributed by atoms with van der Waals surface area (Å²) < 4.78 is 4.72. The van der Waals surface area contributed by atoms with E-state index in [1.807, 2.05) is 4.90 Å². The van der Waals surface area contributed by atoms with Crippen LogP contribution < -0.4 is 10.2 Å². The van der Waals surface area contributed by atoms with Crippen LogP contribution in [0.4, 0.5) is 17.5 Å². The summed E-state index contributed by atoms with van der Waals surface area (Å²) in [7, 11) is 1.31. The van der Waals surface area contributed by atoms with Crippen molar-refractivity contribution in [1.29, 1.82) is 0 Å². The van der Waals surface area contributed by atoms with Crippen LogP contribution in [0.25, 0.3) is 0 Å². The highest BCUT2D eigenvalue weighted by Crippen LogP contribution is 2.27. The van der Waals surface area contributed by atoms with Crippen LogP contribution in [-0.2, 0) is 9.53 Å². The quantitative estimate of drug-likeness (QED) is 0.751. The number of carboxylic acid groups (broad SMARTS) is 1. The lowest BCUT2D eigenvalue weighted by Gasteiger charge is -2.31. The second-order valence-electron chi connectivity index (χ2n) is 6.15. The minimum atomic E-state index is -0.750. The molecule has 0 amide bonds. The normalized spacial score (nSPS) is 14.7. The lowest BCUT2D eigenvalue weighted by atomic mass is 9.97. The Morgan fingerprint density at radius 2 is 2.04 bits per heavy atom. The SMILES string of the molecule is COC(=O)c1ccc(Cl)c(Nc2nccc(N3CCC(C(=O)O)CC3)n2)c1. The molecule has 142 valence electrons. The number of anilines is 3. The van der Waals surface area contributed by atoms with Gasteiger partial charge in [0.25, 0.3) is 0 Å². The molecule has 2 heterocycles. The van der Waals surface area contributed by atoms with E-state index in [1.54, 1.807) is 30.5 Å². The van der Waals surface area contributed by atoms with Gasteiger partial charge in [0.2, 0.25) is 5.95 Å². The number of nitrogens with zero attached hydrogens (tertiary/aromatic N) is 3. The summed E-state index contributed by atoms with van der Waals surface area (Å²) in [5.74, 6) is -0.487. The Bertz CT molecular complexity index is 853. The number of methoxy groups -OCH3 is 1. The Labute approximate surface area is 161 Å². The fourth-order valence-electron chi connectivity index (χ4n) is 2.93. The van der Waals surface area contributed by atoms with Gasteiger partial charge in [-0.05, 0) is 37.1 Å². The van der Waals surface area contributed by atoms with Crippen LogP contribution >= 0.6 is 11.6 Å². The molecule has 0 atom stereocenters. The van der Waals surface area contributed by atoms with Crippen LogP contribution in [0, 0.1) is 5.92 Å². The number of hydrogen-bond acceptors (Lipinski definition) is 7. The summed E-state index contributed by atoms with van der Waals surface area (Å²) in [6.45, 7) is 1.23. The van der Waals surface area contributed by atoms with Crippen LogP contribution in [0.5, 0.6) is 0 Å². The molecule has 1 aromatic carbocycles. The Morgan fingerprint density at radius 3 is 2.70 bits per heavy atom. The van der Waals surface area contributed by atoms with Crippen molar-refractivity contribution in [2.24, 2.45) is 5.92 Å². The van der Waals surface area contributed by atoms with E-state index in [9.17, 15) is 9.59 Å². The molecule has 0 bridgehead atoms. The largest absolute Gasteiger partial charge is 0.481 e. The number of rotatable bonds is 5. The van der Waals surface area contributed by atoms with Crippen molar-refractivity contribution in [2.75, 3.05) is 30.4 Å². The van der Waals surface area contributed by atoms with Gasteiger partial charge in [0, 0.05) is 19.3 Å². The average Bonchev–Trinajstić information content (AvgIpc) is 2.69. The van der Waals surface area contributed by atoms with E-state index in [0.717, 1.165) is 0 Å². The molecule has 1 aliphatic rings. The number of nitrogens with one attached hydrogen (secondary N) is 1. The Morgan fingerprint density at radius 1 is 1.30 bits per heavy atom. The van der Waals surface area contributed by atoms with Crippen LogP contribution in [0.1, 0.15) is 23.2 Å². The predicted molar refractivity (Wildman–Crippen MR) is 101 cm³/mol. The Balaban J connectivity index is 1.75. The van der Waals surface area contributed by atoms with E-state index in [-0.39, 0.29) is 5.92 Å². The second-order valence-corrected chi connectivity index (χ2v) is 6.56. The van der Waals surface area contributed by atoms with Gasteiger partial charge in [-0.25, -0.2) is 9.78 Å². The standard InChI is InChI=1S/C18H19ClN4O4/c1-27-17(26)12-2-3-13(19)14(10-12)21-18-20-7-4-15(22-18)23-8-5-11(6-9-23)16(24)25/h2-4,7,10-11H,5-6,8-9H2,1H3,(H,24,25)(H,20,21,22). The number of ether oxygens (including phenoxy) is 1. The Kier molecular flexibility index (Phi) is 5.75. The Hall–Kier alpha value is -2.87. The van der Waals surface area contributed by atoms with Crippen LogP contribution in [0.3, 0.4) is 0 Å². The number of aliphatic carboxylic acids is 1. The first-order chi connectivity index (χ1) is 13.0. The van der Waals surface area contributed by atoms with Crippen molar-refractivity contribution in [2.45, 2.75) is 12.8 Å². The minimum absolute atomic E-state index is 0.305. The second kappa shape index (κ2) is 8.22. The molecule has 3 rings (SSSR count). The molecule has 0 radical (unpaired) electrons. The molecule has 0 unspecified atom stereocenters. The van der Waals surface area contributed by atoms with E-state index >= 15 is 0 Å². The topological polar surface area (TPSA) is 105 Å². The molecular weight excluding hydrogens is 372 g/mol. The molecule has 9 heteroatoms. The van der Waals surface area contributed by atoms with Gasteiger partial charge < -0.3 is 20.1 Å². The van der Waals surface area contributed by atoms with Gasteiger partial charge in [-0.2, -0.15) is 4.98 Å². The summed E-state index contributed by atoms with van der Waals surface area (Å²) in [5, 5.41) is 12.5. The van der Waals surface area contributed by atoms with Gasteiger partial charge in [0.1, 0.15) is 5.82 Å². The molecule has 0 spiro atoms. The van der Waals surface area contributed by atoms with Crippen LogP contribution in [0.15, 0.2) is 30.5 Å². The van der Waals surface area contributed by atoms with E-state index in [2.05, 4.69) is 15.3 Å². The van der Waals surface area contributed by atoms with E-state index in [0.29, 0.717) is 54.0 Å². The van der Waals surface area contributed by atoms with Crippen molar-refractivity contribution >= 4 is 41.0 Å². The van der Waals surface area contributed by atoms with E-state index in [1.165, 1.54) is 7.11 Å². The van der Waals surface area contributed by atoms with Gasteiger partial charge in [-0.3, -0.25) is 4.79 Å². The zero-order valence-corrected chi connectivity index (χ0v) is 15.4. The van der Waals surface area contributed by atoms with Crippen LogP contribution in [0.2, 0.25) is 5.02 Å². The van der Waals surface area contributed by atoms with Crippen molar-refractivity contribution in [3.8, 4) is 0 Å². The molecule has 0 saturated carbocycles. The smallest absolute Gasteiger partial charge is 0.337 e. The van der Waals surface area contributed by atoms with E-state index in [4.69, 9.17) is 21.4 Å². The fourth-order valence-corrected chi connectivity index (χ4v) is 3.09. The highest BCUT2D eigenvalue weighted by Gasteiger charge is 2.25. The molecule has 2 aromatic rings. The lowest BCUT2D eigenvalue weighted by molar-refractivity contribution is -0.142. The monoisotopic (exact) mass is 390 g/mol. The third-order valence-electron chi connectivity index (χ3n) is 4.44. The first-order valence-electron chi connectivity index (χ1n) is 8.43. The zero-order chi connectivity index (χ0) is 19.4. The van der Waals surface area contributed by atoms with Crippen molar-refractivity contribution in [3.05, 3.63) is 41.0 Å². The molecule has 1 fully saturated rings. The summed E-state index contributed by atoms with van der Waals surface area (Å²) in [6.07, 6.45) is 2.77. The molecule has 27 heavy (non-hydrogen) atoms. The zero-order valence-electron chi connectivity index (χ0n) is 14.7. The number of benzene rings is 1. The highest BCUT2D eigenvalue weighted by atomic mass is 35.5. The van der Waals surface area contributed by atoms with Gasteiger partial charge in [-0.1, -0.05) is 11.6 Å². The molecule has 1 aromatic heterocycles. The summed E-state index contributed by atoms with van der Waals surface area (Å²) >= 11 is 6.19. The number of carbonyl (C=O) groups excluding carboxylic acids is 1. The lowest BCUT2D eigenvalue weighted by Crippen LogP contribution is -2.36. The first kappa shape index (κ1) is 18.9. The fraction of sp³-hybridized carbons (Fsp3) is 0.333. The molecule has 1 saturated heterocycles. The minimum Gasteiger partial charge on any atom is -0.481 e. The number of aromatic nitrogens is 2. The van der Waals surface area contributed by atoms with E-state index < -0.39 is 11.9 Å². The number of halogens is 1. The highest BCUT2D eigenvalue weighted by molar-refractivity contribution is 6.33. The van der Waals surface area contributed by atoms with Gasteiger partial charge in [-0.15, -0.1) is 0 Å². The van der Waals surface area contributed by atoms with Crippen LogP contribution in [-0.4, -0.2) is 47.2 Å². The molecule has 1 aliphatic heterocycles. The number of piperidine rings is 1. The van der Waals surface area contributed by atoms with Gasteiger partial charge in [0.15, 0.2) is 0 Å². The number of esters is 1. The molecule has 8 nitrogen and oxygen atoms in total. The van der Waals surface area contributed by atoms with Crippen molar-refractivity contribution in [3.63, 3.8) is 0 Å². The third kappa shape index (κ3) is 4.46. The maximum absolute atomic E-state index is 11.7. The summed E-state index contributed by atoms with van der Waals surface area (Å²) in [5.41, 5.74) is 0.845. The van der Waals surface area contributed by atoms with Crippen molar-refractivity contribution in [1.82, 2.24) is 9.97 Å². The predicted octanol–water partition coefficient (Wildman–Crippen LogP) is 2.96. The average molecular weight is 391 g/mol. The third-order valence-corrected chi connectivity index (χ3v) is 4.77. The van der Waals surface area contributed by atoms with Gasteiger partial charge in [0.05, 0.1) is 29.3 Å². The van der Waals surface area contributed by atoms with Crippen molar-refractivity contribution < 1.29 is 19.4 Å².